The van der Waals surface area contributed by atoms with Crippen LogP contribution in [0.15, 0.2) is 91.0 Å². The Kier molecular flexibility index (Phi) is 10.3. The second kappa shape index (κ2) is 13.7. The van der Waals surface area contributed by atoms with Crippen molar-refractivity contribution in [1.82, 2.24) is 0 Å². The summed E-state index contributed by atoms with van der Waals surface area (Å²) in [5.74, 6) is -0.438. The molecule has 1 aliphatic heterocycles. The fourth-order valence-electron chi connectivity index (χ4n) is 5.58. The maximum absolute atomic E-state index is 13.2. The highest BCUT2D eigenvalue weighted by Crippen LogP contribution is 2.40. The van der Waals surface area contributed by atoms with Crippen molar-refractivity contribution in [3.63, 3.8) is 0 Å². The molecule has 5 unspecified atom stereocenters. The first-order valence-electron chi connectivity index (χ1n) is 14.4. The fourth-order valence-corrected chi connectivity index (χ4v) is 10.3. The molecule has 0 radical (unpaired) electrons. The van der Waals surface area contributed by atoms with E-state index in [4.69, 9.17) is 18.6 Å². The zero-order chi connectivity index (χ0) is 29.5. The molecule has 0 bridgehead atoms. The molecule has 0 saturated carbocycles. The van der Waals surface area contributed by atoms with Gasteiger partial charge in [-0.2, -0.15) is 0 Å². The van der Waals surface area contributed by atoms with E-state index in [9.17, 15) is 9.59 Å². The number of ether oxygens (including phenoxy) is 3. The lowest BCUT2D eigenvalue weighted by atomic mass is 10.0. The highest BCUT2D eigenvalue weighted by atomic mass is 28.4. The van der Waals surface area contributed by atoms with Crippen molar-refractivity contribution in [3.05, 3.63) is 96.6 Å². The summed E-state index contributed by atoms with van der Waals surface area (Å²) >= 11 is 0. The quantitative estimate of drug-likeness (QED) is 0.167. The van der Waals surface area contributed by atoms with Crippen LogP contribution in [0.25, 0.3) is 0 Å². The SMILES string of the molecule is CC(CCC=O)OC1OC(C)C(O[Si](c2ccccc2)(c2ccccc2)C(C)(C)C)CC1OC(=O)c1ccccc1. The van der Waals surface area contributed by atoms with E-state index in [0.29, 0.717) is 24.8 Å². The third-order valence-corrected chi connectivity index (χ3v) is 12.8. The number of rotatable bonds is 11. The number of hydrogen-bond donors (Lipinski definition) is 0. The Morgan fingerprint density at radius 1 is 0.927 bits per heavy atom. The fraction of sp³-hybridized carbons (Fsp3) is 0.412. The third kappa shape index (κ3) is 7.22. The Labute approximate surface area is 245 Å². The van der Waals surface area contributed by atoms with Crippen molar-refractivity contribution >= 4 is 30.9 Å². The maximum Gasteiger partial charge on any atom is 0.338 e. The molecule has 1 fully saturated rings. The van der Waals surface area contributed by atoms with E-state index in [1.165, 1.54) is 10.4 Å². The third-order valence-electron chi connectivity index (χ3n) is 7.71. The van der Waals surface area contributed by atoms with Gasteiger partial charge >= 0.3 is 5.97 Å². The second-order valence-electron chi connectivity index (χ2n) is 11.8. The minimum atomic E-state index is -2.88. The molecular weight excluding hydrogens is 532 g/mol. The normalized spacial score (nSPS) is 22.1. The molecule has 0 aromatic heterocycles. The molecule has 6 nitrogen and oxygen atoms in total. The van der Waals surface area contributed by atoms with Gasteiger partial charge in [0, 0.05) is 12.8 Å². The molecule has 7 heteroatoms. The van der Waals surface area contributed by atoms with Crippen LogP contribution in [-0.4, -0.2) is 51.3 Å². The molecule has 1 saturated heterocycles. The van der Waals surface area contributed by atoms with E-state index in [1.54, 1.807) is 24.3 Å². The number of carbonyl (C=O) groups is 2. The van der Waals surface area contributed by atoms with Crippen LogP contribution in [0.3, 0.4) is 0 Å². The summed E-state index contributed by atoms with van der Waals surface area (Å²) in [6.07, 6.45) is -0.174. The van der Waals surface area contributed by atoms with Gasteiger partial charge in [-0.3, -0.25) is 0 Å². The molecule has 0 aliphatic carbocycles. The second-order valence-corrected chi connectivity index (χ2v) is 16.0. The maximum atomic E-state index is 13.2. The molecule has 1 aliphatic rings. The number of esters is 1. The standard InChI is InChI=1S/C34H42O6Si/c1-25(16-15-23-35)37-33-31(39-32(36)27-17-9-6-10-18-27)24-30(26(2)38-33)40-41(34(3,4)5,28-19-11-7-12-20-28)29-21-13-8-14-22-29/h6-14,17-23,25-26,30-31,33H,15-16,24H2,1-5H3. The molecule has 41 heavy (non-hydrogen) atoms. The molecule has 4 rings (SSSR count). The first kappa shape index (κ1) is 30.8. The molecule has 0 amide bonds. The van der Waals surface area contributed by atoms with Crippen molar-refractivity contribution in [2.24, 2.45) is 0 Å². The van der Waals surface area contributed by atoms with Crippen molar-refractivity contribution in [1.29, 1.82) is 0 Å². The van der Waals surface area contributed by atoms with Crippen LogP contribution in [0.1, 0.15) is 64.2 Å². The molecular formula is C34H42O6Si. The average molecular weight is 575 g/mol. The van der Waals surface area contributed by atoms with Gasteiger partial charge in [0.25, 0.3) is 8.32 Å². The van der Waals surface area contributed by atoms with Gasteiger partial charge in [-0.15, -0.1) is 0 Å². The van der Waals surface area contributed by atoms with E-state index in [2.05, 4.69) is 69.3 Å². The van der Waals surface area contributed by atoms with Gasteiger partial charge in [0.15, 0.2) is 12.4 Å². The van der Waals surface area contributed by atoms with E-state index in [1.807, 2.05) is 32.0 Å². The molecule has 3 aromatic rings. The molecule has 0 N–H and O–H groups in total. The van der Waals surface area contributed by atoms with E-state index in [-0.39, 0.29) is 23.4 Å². The van der Waals surface area contributed by atoms with E-state index in [0.717, 1.165) is 6.29 Å². The van der Waals surface area contributed by atoms with Crippen molar-refractivity contribution < 1.29 is 28.2 Å². The molecule has 5 atom stereocenters. The topological polar surface area (TPSA) is 71.1 Å². The van der Waals surface area contributed by atoms with Gasteiger partial charge in [-0.1, -0.05) is 99.6 Å². The first-order chi connectivity index (χ1) is 19.7. The first-order valence-corrected chi connectivity index (χ1v) is 16.4. The van der Waals surface area contributed by atoms with Crippen LogP contribution in [0, 0.1) is 0 Å². The van der Waals surface area contributed by atoms with Gasteiger partial charge in [0.1, 0.15) is 6.29 Å². The number of aldehydes is 1. The van der Waals surface area contributed by atoms with Crippen LogP contribution >= 0.6 is 0 Å². The Bertz CT molecular complexity index is 1200. The summed E-state index contributed by atoms with van der Waals surface area (Å²) in [7, 11) is -2.88. The smallest absolute Gasteiger partial charge is 0.338 e. The molecule has 1 heterocycles. The van der Waals surface area contributed by atoms with Crippen LogP contribution in [0.4, 0.5) is 0 Å². The number of hydrogen-bond acceptors (Lipinski definition) is 6. The summed E-state index contributed by atoms with van der Waals surface area (Å²) in [5, 5.41) is 2.12. The Morgan fingerprint density at radius 3 is 1.98 bits per heavy atom. The van der Waals surface area contributed by atoms with E-state index >= 15 is 0 Å². The van der Waals surface area contributed by atoms with Gasteiger partial charge in [0.05, 0.1) is 23.9 Å². The molecule has 3 aromatic carbocycles. The predicted molar refractivity (Wildman–Crippen MR) is 163 cm³/mol. The highest BCUT2D eigenvalue weighted by molar-refractivity contribution is 6.99. The van der Waals surface area contributed by atoms with Crippen LogP contribution in [0.2, 0.25) is 5.04 Å². The van der Waals surface area contributed by atoms with E-state index < -0.39 is 26.7 Å². The van der Waals surface area contributed by atoms with Gasteiger partial charge in [-0.05, 0) is 47.8 Å². The summed E-state index contributed by atoms with van der Waals surface area (Å²) in [4.78, 5) is 24.1. The average Bonchev–Trinajstić information content (AvgIpc) is 2.97. The Morgan fingerprint density at radius 2 is 1.46 bits per heavy atom. The zero-order valence-corrected chi connectivity index (χ0v) is 25.7. The summed E-state index contributed by atoms with van der Waals surface area (Å²) in [6.45, 7) is 10.6. The Hall–Kier alpha value is -3.10. The minimum Gasteiger partial charge on any atom is -0.453 e. The monoisotopic (exact) mass is 574 g/mol. The largest absolute Gasteiger partial charge is 0.453 e. The summed E-state index contributed by atoms with van der Waals surface area (Å²) in [5.41, 5.74) is 0.461. The number of benzene rings is 3. The highest BCUT2D eigenvalue weighted by Gasteiger charge is 2.53. The van der Waals surface area contributed by atoms with Gasteiger partial charge in [0.2, 0.25) is 0 Å². The summed E-state index contributed by atoms with van der Waals surface area (Å²) < 4.78 is 26.1. The summed E-state index contributed by atoms with van der Waals surface area (Å²) in [6, 6.07) is 29.9. The lowest BCUT2D eigenvalue weighted by Crippen LogP contribution is -2.69. The number of carbonyl (C=O) groups excluding carboxylic acids is 2. The Balaban J connectivity index is 1.69. The van der Waals surface area contributed by atoms with Crippen LogP contribution < -0.4 is 10.4 Å². The van der Waals surface area contributed by atoms with Crippen molar-refractivity contribution in [2.75, 3.05) is 0 Å². The van der Waals surface area contributed by atoms with Crippen molar-refractivity contribution in [2.45, 2.75) is 89.6 Å². The minimum absolute atomic E-state index is 0.220. The van der Waals surface area contributed by atoms with Gasteiger partial charge in [-0.25, -0.2) is 4.79 Å². The molecule has 0 spiro atoms. The predicted octanol–water partition coefficient (Wildman–Crippen LogP) is 5.68. The lowest BCUT2D eigenvalue weighted by Gasteiger charge is -2.48. The lowest BCUT2D eigenvalue weighted by molar-refractivity contribution is -0.270. The van der Waals surface area contributed by atoms with Crippen LogP contribution in [0.5, 0.6) is 0 Å². The zero-order valence-electron chi connectivity index (χ0n) is 24.7. The van der Waals surface area contributed by atoms with Crippen LogP contribution in [-0.2, 0) is 23.4 Å². The molecule has 218 valence electrons. The van der Waals surface area contributed by atoms with Crippen molar-refractivity contribution in [3.8, 4) is 0 Å². The van der Waals surface area contributed by atoms with Gasteiger partial charge < -0.3 is 23.4 Å².